The van der Waals surface area contributed by atoms with Crippen LogP contribution >= 0.6 is 11.3 Å². The van der Waals surface area contributed by atoms with Crippen molar-refractivity contribution in [3.05, 3.63) is 69.1 Å². The van der Waals surface area contributed by atoms with Crippen molar-refractivity contribution < 1.29 is 9.21 Å². The number of nitrogens with zero attached hydrogens (tertiary/aromatic N) is 3. The zero-order valence-corrected chi connectivity index (χ0v) is 15.0. The number of carbonyl (C=O) groups is 1. The lowest BCUT2D eigenvalue weighted by molar-refractivity contribution is 0.0966. The van der Waals surface area contributed by atoms with Gasteiger partial charge in [0, 0.05) is 5.56 Å². The largest absolute Gasteiger partial charge is 0.463 e. The zero-order chi connectivity index (χ0) is 18.3. The molecule has 4 rings (SSSR count). The monoisotopic (exact) mass is 365 g/mol. The van der Waals surface area contributed by atoms with E-state index in [1.54, 1.807) is 30.5 Å². The first-order valence-electron chi connectivity index (χ1n) is 8.05. The molecular weight excluding hydrogens is 350 g/mol. The number of thiazole rings is 1. The molecule has 1 aromatic carbocycles. The van der Waals surface area contributed by atoms with Gasteiger partial charge in [-0.25, -0.2) is 9.67 Å². The van der Waals surface area contributed by atoms with E-state index in [1.165, 1.54) is 16.0 Å². The number of fused-ring (bicyclic) bond motifs is 1. The van der Waals surface area contributed by atoms with Crippen LogP contribution in [0, 0.1) is 13.8 Å². The molecule has 0 radical (unpaired) electrons. The Morgan fingerprint density at radius 2 is 1.96 bits per heavy atom. The maximum atomic E-state index is 12.7. The summed E-state index contributed by atoms with van der Waals surface area (Å²) in [5.41, 5.74) is 2.06. The number of furan rings is 1. The van der Waals surface area contributed by atoms with E-state index in [-0.39, 0.29) is 17.9 Å². The second kappa shape index (κ2) is 6.34. The van der Waals surface area contributed by atoms with Crippen molar-refractivity contribution in [1.82, 2.24) is 14.8 Å². The van der Waals surface area contributed by atoms with E-state index in [2.05, 4.69) is 10.1 Å². The average molecular weight is 365 g/mol. The molecule has 6 nitrogen and oxygen atoms in total. The summed E-state index contributed by atoms with van der Waals surface area (Å²) in [4.78, 5) is 29.6. The predicted octanol–water partition coefficient (Wildman–Crippen LogP) is 3.61. The quantitative estimate of drug-likeness (QED) is 0.516. The van der Waals surface area contributed by atoms with Crippen molar-refractivity contribution in [3.8, 4) is 11.5 Å². The lowest BCUT2D eigenvalue weighted by Gasteiger charge is -2.07. The Morgan fingerprint density at radius 3 is 2.65 bits per heavy atom. The summed E-state index contributed by atoms with van der Waals surface area (Å²) in [6.07, 6.45) is 1.55. The highest BCUT2D eigenvalue weighted by Crippen LogP contribution is 2.29. The third-order valence-electron chi connectivity index (χ3n) is 4.03. The standard InChI is InChI=1S/C19H15N3O3S/c1-11-5-7-13(8-6-11)14(23)10-22-19(24)17-18(26-12(2)20-17)16(21-22)15-4-3-9-25-15/h3-9H,10H2,1-2H3. The van der Waals surface area contributed by atoms with Crippen LogP contribution in [0.15, 0.2) is 51.9 Å². The van der Waals surface area contributed by atoms with Crippen LogP contribution in [0.25, 0.3) is 21.7 Å². The molecule has 4 aromatic rings. The molecule has 3 aromatic heterocycles. The number of aryl methyl sites for hydroxylation is 2. The van der Waals surface area contributed by atoms with Crippen molar-refractivity contribution in [2.45, 2.75) is 20.4 Å². The molecule has 0 fully saturated rings. The first-order chi connectivity index (χ1) is 12.5. The molecule has 0 unspecified atom stereocenters. The minimum atomic E-state index is -0.375. The number of hydrogen-bond acceptors (Lipinski definition) is 6. The highest BCUT2D eigenvalue weighted by molar-refractivity contribution is 7.19. The van der Waals surface area contributed by atoms with Crippen LogP contribution in [0.1, 0.15) is 20.9 Å². The second-order valence-corrected chi connectivity index (χ2v) is 7.19. The normalized spacial score (nSPS) is 11.2. The predicted molar refractivity (Wildman–Crippen MR) is 99.6 cm³/mol. The van der Waals surface area contributed by atoms with Gasteiger partial charge < -0.3 is 4.42 Å². The second-order valence-electron chi connectivity index (χ2n) is 5.99. The Kier molecular flexibility index (Phi) is 4.00. The van der Waals surface area contributed by atoms with Gasteiger partial charge in [-0.1, -0.05) is 29.8 Å². The van der Waals surface area contributed by atoms with Crippen LogP contribution in [-0.4, -0.2) is 20.5 Å². The molecule has 0 saturated carbocycles. The fourth-order valence-corrected chi connectivity index (χ4v) is 3.61. The van der Waals surface area contributed by atoms with Gasteiger partial charge >= 0.3 is 0 Å². The van der Waals surface area contributed by atoms with Gasteiger partial charge in [-0.2, -0.15) is 5.10 Å². The maximum Gasteiger partial charge on any atom is 0.294 e. The van der Waals surface area contributed by atoms with E-state index in [0.29, 0.717) is 27.2 Å². The van der Waals surface area contributed by atoms with E-state index in [0.717, 1.165) is 10.6 Å². The summed E-state index contributed by atoms with van der Waals surface area (Å²) < 4.78 is 7.29. The summed E-state index contributed by atoms with van der Waals surface area (Å²) in [7, 11) is 0. The molecule has 0 saturated heterocycles. The minimum Gasteiger partial charge on any atom is -0.463 e. The minimum absolute atomic E-state index is 0.151. The molecule has 0 amide bonds. The maximum absolute atomic E-state index is 12.7. The molecule has 0 spiro atoms. The van der Waals surface area contributed by atoms with Crippen molar-refractivity contribution in [2.24, 2.45) is 0 Å². The Bertz CT molecular complexity index is 1160. The number of hydrogen-bond donors (Lipinski definition) is 0. The summed E-state index contributed by atoms with van der Waals surface area (Å²) in [6.45, 7) is 3.63. The molecule has 130 valence electrons. The summed E-state index contributed by atoms with van der Waals surface area (Å²) in [6, 6.07) is 10.8. The Morgan fingerprint density at radius 1 is 1.19 bits per heavy atom. The van der Waals surface area contributed by atoms with Crippen molar-refractivity contribution in [1.29, 1.82) is 0 Å². The van der Waals surface area contributed by atoms with E-state index >= 15 is 0 Å². The number of benzene rings is 1. The smallest absolute Gasteiger partial charge is 0.294 e. The lowest BCUT2D eigenvalue weighted by atomic mass is 10.1. The molecule has 7 heteroatoms. The van der Waals surface area contributed by atoms with Gasteiger partial charge in [0.15, 0.2) is 17.1 Å². The Balaban J connectivity index is 1.82. The molecule has 0 N–H and O–H groups in total. The van der Waals surface area contributed by atoms with Crippen molar-refractivity contribution in [3.63, 3.8) is 0 Å². The third kappa shape index (κ3) is 2.86. The van der Waals surface area contributed by atoms with Crippen LogP contribution in [0.3, 0.4) is 0 Å². The van der Waals surface area contributed by atoms with Crippen LogP contribution in [-0.2, 0) is 6.54 Å². The van der Waals surface area contributed by atoms with Gasteiger partial charge in [0.25, 0.3) is 5.56 Å². The number of carbonyl (C=O) groups excluding carboxylic acids is 1. The number of Topliss-reactive ketones (excluding diaryl/α,β-unsaturated/α-hetero) is 1. The molecule has 0 aliphatic rings. The van der Waals surface area contributed by atoms with Crippen LogP contribution in [0.2, 0.25) is 0 Å². The molecule has 0 atom stereocenters. The highest BCUT2D eigenvalue weighted by atomic mass is 32.1. The highest BCUT2D eigenvalue weighted by Gasteiger charge is 2.19. The molecule has 0 aliphatic heterocycles. The molecular formula is C19H15N3O3S. The van der Waals surface area contributed by atoms with Gasteiger partial charge in [-0.3, -0.25) is 9.59 Å². The van der Waals surface area contributed by atoms with Gasteiger partial charge in [-0.05, 0) is 26.0 Å². The van der Waals surface area contributed by atoms with E-state index in [4.69, 9.17) is 4.42 Å². The number of ketones is 1. The van der Waals surface area contributed by atoms with Gasteiger partial charge in [0.2, 0.25) is 0 Å². The average Bonchev–Trinajstić information content (AvgIpc) is 3.27. The van der Waals surface area contributed by atoms with E-state index in [9.17, 15) is 9.59 Å². The topological polar surface area (TPSA) is 78.0 Å². The van der Waals surface area contributed by atoms with Gasteiger partial charge in [0.1, 0.15) is 12.2 Å². The van der Waals surface area contributed by atoms with E-state index in [1.807, 2.05) is 26.0 Å². The van der Waals surface area contributed by atoms with Crippen LogP contribution < -0.4 is 5.56 Å². The Labute approximate surface area is 152 Å². The first-order valence-corrected chi connectivity index (χ1v) is 8.86. The van der Waals surface area contributed by atoms with Crippen molar-refractivity contribution in [2.75, 3.05) is 0 Å². The fourth-order valence-electron chi connectivity index (χ4n) is 2.71. The molecule has 0 bridgehead atoms. The third-order valence-corrected chi connectivity index (χ3v) is 5.01. The molecule has 26 heavy (non-hydrogen) atoms. The van der Waals surface area contributed by atoms with Crippen LogP contribution in [0.4, 0.5) is 0 Å². The van der Waals surface area contributed by atoms with Crippen LogP contribution in [0.5, 0.6) is 0 Å². The summed E-state index contributed by atoms with van der Waals surface area (Å²) in [5.74, 6) is 0.353. The van der Waals surface area contributed by atoms with Crippen molar-refractivity contribution >= 4 is 27.3 Å². The number of rotatable bonds is 4. The van der Waals surface area contributed by atoms with E-state index < -0.39 is 0 Å². The van der Waals surface area contributed by atoms with Gasteiger partial charge in [0.05, 0.1) is 16.0 Å². The first kappa shape index (κ1) is 16.4. The Hall–Kier alpha value is -3.06. The van der Waals surface area contributed by atoms with Gasteiger partial charge in [-0.15, -0.1) is 11.3 Å². The zero-order valence-electron chi connectivity index (χ0n) is 14.2. The SMILES string of the molecule is Cc1ccc(C(=O)Cn2nc(-c3ccco3)c3sc(C)nc3c2=O)cc1. The molecule has 0 aliphatic carbocycles. The molecule has 3 heterocycles. The lowest BCUT2D eigenvalue weighted by Crippen LogP contribution is -2.27. The fraction of sp³-hybridized carbons (Fsp3) is 0.158. The summed E-state index contributed by atoms with van der Waals surface area (Å²) >= 11 is 1.38. The number of aromatic nitrogens is 3. The summed E-state index contributed by atoms with van der Waals surface area (Å²) in [5, 5.41) is 5.16.